The number of carboxylic acids is 1. The third-order valence-electron chi connectivity index (χ3n) is 16.8. The molecular formula is C47H71N3O7. The number of aliphatic hydroxyl groups excluding tert-OH is 1. The number of carboxylic acid groups (broad SMARTS) is 1. The summed E-state index contributed by atoms with van der Waals surface area (Å²) in [6.45, 7) is 20.2. The summed E-state index contributed by atoms with van der Waals surface area (Å²) < 4.78 is 6.18. The Morgan fingerprint density at radius 2 is 1.60 bits per heavy atom. The van der Waals surface area contributed by atoms with E-state index in [1.807, 2.05) is 31.1 Å². The second-order valence-electron chi connectivity index (χ2n) is 21.4. The summed E-state index contributed by atoms with van der Waals surface area (Å²) in [5, 5.41) is 22.3. The van der Waals surface area contributed by atoms with Gasteiger partial charge < -0.3 is 24.7 Å². The van der Waals surface area contributed by atoms with Crippen molar-refractivity contribution in [2.24, 2.45) is 56.2 Å². The van der Waals surface area contributed by atoms with Gasteiger partial charge in [-0.3, -0.25) is 24.2 Å². The molecule has 0 aliphatic heterocycles. The normalized spacial score (nSPS) is 35.2. The number of ether oxygens (including phenoxy) is 1. The van der Waals surface area contributed by atoms with Gasteiger partial charge in [0, 0.05) is 42.7 Å². The van der Waals surface area contributed by atoms with Crippen molar-refractivity contribution in [3.05, 3.63) is 41.2 Å². The maximum Gasteiger partial charge on any atom is 0.309 e. The molecule has 10 heteroatoms. The molecule has 1 amide bonds. The first-order valence-electron chi connectivity index (χ1n) is 21.6. The van der Waals surface area contributed by atoms with Gasteiger partial charge >= 0.3 is 11.9 Å². The minimum absolute atomic E-state index is 0.0147. The smallest absolute Gasteiger partial charge is 0.309 e. The molecule has 4 fully saturated rings. The number of rotatable bonds is 12. The van der Waals surface area contributed by atoms with Crippen molar-refractivity contribution >= 4 is 23.6 Å². The zero-order valence-corrected chi connectivity index (χ0v) is 36.7. The van der Waals surface area contributed by atoms with E-state index in [2.05, 4.69) is 53.5 Å². The van der Waals surface area contributed by atoms with Crippen LogP contribution in [-0.2, 0) is 30.5 Å². The van der Waals surface area contributed by atoms with Crippen LogP contribution in [0.3, 0.4) is 0 Å². The number of carbonyl (C=O) groups excluding carboxylic acids is 3. The lowest BCUT2D eigenvalue weighted by atomic mass is 9.33. The lowest BCUT2D eigenvalue weighted by Crippen LogP contribution is -2.66. The Morgan fingerprint density at radius 1 is 0.930 bits per heavy atom. The number of likely N-dealkylation sites (N-methyl/N-ethyl adjacent to an activating group) is 1. The standard InChI is InChI=1S/C47H71N3O7/c1-29(2)39-32(51)24-47(35(52)27-50(37(53)28-49(10)11)26-30-16-22-48-23-17-30)21-20-45(8)31(40(39)47)12-13-34-44(7)18-15-36(57-38(54)25-42(3,4)41(55)56)43(5,6)33(44)14-19-46(34,45)9/h16-17,22-23,29,31,33-36,52H,12-15,18-21,24-28H2,1-11H3,(H,55,56)/t31-,33+,34-,35+,36+,44+,45-,46-,47+/m1/s1. The molecule has 1 heterocycles. The number of Topliss-reactive ketones (excluding diaryl/α,β-unsaturated/α-hetero) is 1. The highest BCUT2D eigenvalue weighted by molar-refractivity contribution is 6.00. The Morgan fingerprint density at radius 3 is 2.21 bits per heavy atom. The molecule has 1 aromatic heterocycles. The number of amides is 1. The van der Waals surface area contributed by atoms with Gasteiger partial charge in [-0.15, -0.1) is 0 Å². The molecule has 0 saturated heterocycles. The SMILES string of the molecule is CC(C)C1=C2[C@H]3CC[C@@H]4[C@@]5(C)CC[C@H](OC(=O)CC(C)(C)C(=O)O)C(C)(C)[C@@H]5CC[C@@]4(C)[C@]3(C)CC[C@@]2([C@@H](O)CN(Cc2ccncc2)C(=O)CN(C)C)CC1=O. The maximum absolute atomic E-state index is 14.3. The van der Waals surface area contributed by atoms with Gasteiger partial charge in [0.1, 0.15) is 6.10 Å². The van der Waals surface area contributed by atoms with Gasteiger partial charge in [0.25, 0.3) is 0 Å². The summed E-state index contributed by atoms with van der Waals surface area (Å²) in [5.41, 5.74) is 0.796. The number of aliphatic hydroxyl groups is 1. The van der Waals surface area contributed by atoms with Gasteiger partial charge in [-0.1, -0.05) is 54.0 Å². The second-order valence-corrected chi connectivity index (χ2v) is 21.4. The lowest BCUT2D eigenvalue weighted by molar-refractivity contribution is -0.235. The molecule has 10 nitrogen and oxygen atoms in total. The molecule has 6 rings (SSSR count). The number of aromatic nitrogens is 1. The molecule has 0 bridgehead atoms. The minimum Gasteiger partial charge on any atom is -0.481 e. The fourth-order valence-electron chi connectivity index (χ4n) is 13.6. The number of hydrogen-bond donors (Lipinski definition) is 2. The quantitative estimate of drug-likeness (QED) is 0.204. The Bertz CT molecular complexity index is 1770. The summed E-state index contributed by atoms with van der Waals surface area (Å²) in [6, 6.07) is 3.82. The number of aliphatic carboxylic acids is 1. The average molecular weight is 790 g/mol. The van der Waals surface area contributed by atoms with Crippen LogP contribution in [0.4, 0.5) is 0 Å². The van der Waals surface area contributed by atoms with Gasteiger partial charge in [0.2, 0.25) is 5.91 Å². The van der Waals surface area contributed by atoms with E-state index in [1.165, 1.54) is 5.57 Å². The topological polar surface area (TPSA) is 137 Å². The van der Waals surface area contributed by atoms with Gasteiger partial charge in [0.15, 0.2) is 5.78 Å². The Kier molecular flexibility index (Phi) is 11.6. The zero-order chi connectivity index (χ0) is 42.1. The van der Waals surface area contributed by atoms with Gasteiger partial charge in [-0.05, 0) is 142 Å². The van der Waals surface area contributed by atoms with Crippen LogP contribution in [-0.4, -0.2) is 88.0 Å². The number of esters is 1. The van der Waals surface area contributed by atoms with Crippen molar-refractivity contribution < 1.29 is 34.1 Å². The first-order chi connectivity index (χ1) is 26.4. The highest BCUT2D eigenvalue weighted by Crippen LogP contribution is 2.77. The molecule has 57 heavy (non-hydrogen) atoms. The molecule has 5 aliphatic rings. The molecule has 1 aromatic rings. The minimum atomic E-state index is -1.18. The van der Waals surface area contributed by atoms with Gasteiger partial charge in [0.05, 0.1) is 24.5 Å². The van der Waals surface area contributed by atoms with Crippen molar-refractivity contribution in [2.45, 2.75) is 145 Å². The van der Waals surface area contributed by atoms with Crippen LogP contribution in [0.1, 0.15) is 132 Å². The Labute approximate surface area is 341 Å². The zero-order valence-electron chi connectivity index (χ0n) is 36.7. The van der Waals surface area contributed by atoms with Gasteiger partial charge in [-0.2, -0.15) is 0 Å². The molecule has 9 atom stereocenters. The van der Waals surface area contributed by atoms with E-state index < -0.39 is 28.9 Å². The predicted molar refractivity (Wildman–Crippen MR) is 220 cm³/mol. The molecule has 2 N–H and O–H groups in total. The largest absolute Gasteiger partial charge is 0.481 e. The summed E-state index contributed by atoms with van der Waals surface area (Å²) in [6.07, 6.45) is 9.78. The summed E-state index contributed by atoms with van der Waals surface area (Å²) in [7, 11) is 3.76. The molecule has 0 unspecified atom stereocenters. The van der Waals surface area contributed by atoms with Crippen molar-refractivity contribution in [3.8, 4) is 0 Å². The molecule has 5 aliphatic carbocycles. The highest BCUT2D eigenvalue weighted by atomic mass is 16.5. The molecule has 0 aromatic carbocycles. The molecule has 0 radical (unpaired) electrons. The van der Waals surface area contributed by atoms with E-state index in [4.69, 9.17) is 4.74 Å². The fraction of sp³-hybridized carbons (Fsp3) is 0.766. The highest BCUT2D eigenvalue weighted by Gasteiger charge is 2.71. The van der Waals surface area contributed by atoms with Gasteiger partial charge in [-0.25, -0.2) is 0 Å². The third-order valence-corrected chi connectivity index (χ3v) is 16.8. The first kappa shape index (κ1) is 43.5. The summed E-state index contributed by atoms with van der Waals surface area (Å²) in [5.74, 6) is -0.384. The first-order valence-corrected chi connectivity index (χ1v) is 21.6. The number of pyridine rings is 1. The van der Waals surface area contributed by atoms with E-state index in [9.17, 15) is 29.4 Å². The van der Waals surface area contributed by atoms with Crippen LogP contribution < -0.4 is 0 Å². The number of nitrogens with zero attached hydrogens (tertiary/aromatic N) is 3. The van der Waals surface area contributed by atoms with E-state index in [1.54, 1.807) is 31.1 Å². The van der Waals surface area contributed by atoms with Crippen LogP contribution in [0.15, 0.2) is 35.7 Å². The molecular weight excluding hydrogens is 719 g/mol. The van der Waals surface area contributed by atoms with Crippen LogP contribution >= 0.6 is 0 Å². The number of ketones is 1. The van der Waals surface area contributed by atoms with Crippen molar-refractivity contribution in [3.63, 3.8) is 0 Å². The summed E-state index contributed by atoms with van der Waals surface area (Å²) >= 11 is 0. The second kappa shape index (κ2) is 15.2. The van der Waals surface area contributed by atoms with E-state index >= 15 is 0 Å². The monoisotopic (exact) mass is 790 g/mol. The number of allylic oxidation sites excluding steroid dienone is 1. The molecule has 0 spiro atoms. The van der Waals surface area contributed by atoms with Crippen molar-refractivity contribution in [1.29, 1.82) is 0 Å². The third kappa shape index (κ3) is 7.20. The lowest BCUT2D eigenvalue weighted by Gasteiger charge is -2.72. The number of hydrogen-bond acceptors (Lipinski definition) is 8. The number of carbonyl (C=O) groups is 4. The van der Waals surface area contributed by atoms with E-state index in [0.29, 0.717) is 31.2 Å². The Balaban J connectivity index is 1.30. The Hall–Kier alpha value is -3.11. The van der Waals surface area contributed by atoms with Crippen LogP contribution in [0, 0.1) is 56.2 Å². The fourth-order valence-corrected chi connectivity index (χ4v) is 13.6. The van der Waals surface area contributed by atoms with Crippen molar-refractivity contribution in [1.82, 2.24) is 14.8 Å². The van der Waals surface area contributed by atoms with Crippen LogP contribution in [0.25, 0.3) is 0 Å². The maximum atomic E-state index is 14.3. The van der Waals surface area contributed by atoms with E-state index in [-0.39, 0.29) is 70.8 Å². The predicted octanol–water partition coefficient (Wildman–Crippen LogP) is 7.73. The summed E-state index contributed by atoms with van der Waals surface area (Å²) in [4.78, 5) is 60.8. The van der Waals surface area contributed by atoms with Crippen LogP contribution in [0.5, 0.6) is 0 Å². The average Bonchev–Trinajstić information content (AvgIpc) is 3.42. The molecule has 316 valence electrons. The van der Waals surface area contributed by atoms with Crippen LogP contribution in [0.2, 0.25) is 0 Å². The molecule has 4 saturated carbocycles. The van der Waals surface area contributed by atoms with E-state index in [0.717, 1.165) is 56.1 Å². The number of fused-ring (bicyclic) bond motifs is 7. The van der Waals surface area contributed by atoms with Crippen molar-refractivity contribution in [2.75, 3.05) is 27.2 Å².